The molecule has 0 unspecified atom stereocenters. The Morgan fingerprint density at radius 1 is 1.11 bits per heavy atom. The number of aryl methyl sites for hydroxylation is 1. The molecule has 1 aromatic heterocycles. The van der Waals surface area contributed by atoms with Gasteiger partial charge in [0, 0.05) is 10.2 Å². The van der Waals surface area contributed by atoms with E-state index in [1.165, 1.54) is 34.2 Å². The number of nitrogens with one attached hydrogen (secondary N) is 1. The van der Waals surface area contributed by atoms with Gasteiger partial charge in [-0.1, -0.05) is 92.8 Å². The Labute approximate surface area is 184 Å². The molecular formula is C19H17BrN4OS3. The summed E-state index contributed by atoms with van der Waals surface area (Å²) in [7, 11) is 0. The second-order valence-corrected chi connectivity index (χ2v) is 10.1. The molecule has 9 heteroatoms. The topological polar surface area (TPSA) is 67.2 Å². The molecule has 28 heavy (non-hydrogen) atoms. The summed E-state index contributed by atoms with van der Waals surface area (Å²) in [5.41, 5.74) is 5.94. The van der Waals surface area contributed by atoms with Crippen LogP contribution in [0, 0.1) is 6.92 Å². The Morgan fingerprint density at radius 2 is 1.79 bits per heavy atom. The maximum absolute atomic E-state index is 11.9. The van der Waals surface area contributed by atoms with Crippen molar-refractivity contribution in [2.45, 2.75) is 21.4 Å². The van der Waals surface area contributed by atoms with E-state index in [4.69, 9.17) is 0 Å². The zero-order valence-corrected chi connectivity index (χ0v) is 19.0. The average Bonchev–Trinajstić information content (AvgIpc) is 3.15. The molecule has 3 rings (SSSR count). The van der Waals surface area contributed by atoms with Crippen LogP contribution >= 0.6 is 50.8 Å². The van der Waals surface area contributed by atoms with Crippen molar-refractivity contribution in [2.24, 2.45) is 5.10 Å². The average molecular weight is 493 g/mol. The van der Waals surface area contributed by atoms with Gasteiger partial charge in [0.1, 0.15) is 0 Å². The molecule has 0 aliphatic rings. The zero-order chi connectivity index (χ0) is 19.8. The van der Waals surface area contributed by atoms with Crippen LogP contribution in [0.4, 0.5) is 0 Å². The van der Waals surface area contributed by atoms with E-state index in [9.17, 15) is 4.79 Å². The van der Waals surface area contributed by atoms with Gasteiger partial charge >= 0.3 is 0 Å². The minimum atomic E-state index is -0.178. The molecule has 0 saturated carbocycles. The van der Waals surface area contributed by atoms with Gasteiger partial charge in [0.05, 0.1) is 12.0 Å². The summed E-state index contributed by atoms with van der Waals surface area (Å²) in [4.78, 5) is 11.9. The first-order valence-corrected chi connectivity index (χ1v) is 11.9. The lowest BCUT2D eigenvalue weighted by Crippen LogP contribution is -2.19. The lowest BCUT2D eigenvalue weighted by Gasteiger charge is -1.99. The van der Waals surface area contributed by atoms with Crippen LogP contribution in [0.3, 0.4) is 0 Å². The fourth-order valence-corrected chi connectivity index (χ4v) is 5.06. The van der Waals surface area contributed by atoms with Gasteiger partial charge < -0.3 is 0 Å². The van der Waals surface area contributed by atoms with Gasteiger partial charge in [-0.3, -0.25) is 4.79 Å². The monoisotopic (exact) mass is 492 g/mol. The molecule has 0 spiro atoms. The Morgan fingerprint density at radius 3 is 2.50 bits per heavy atom. The summed E-state index contributed by atoms with van der Waals surface area (Å²) < 4.78 is 2.67. The minimum absolute atomic E-state index is 0.178. The first kappa shape index (κ1) is 21.0. The van der Waals surface area contributed by atoms with E-state index in [0.717, 1.165) is 24.5 Å². The summed E-state index contributed by atoms with van der Waals surface area (Å²) in [6.45, 7) is 2.08. The van der Waals surface area contributed by atoms with Crippen LogP contribution in [-0.4, -0.2) is 28.1 Å². The van der Waals surface area contributed by atoms with Crippen molar-refractivity contribution < 1.29 is 4.79 Å². The van der Waals surface area contributed by atoms with E-state index in [1.54, 1.807) is 18.0 Å². The Hall–Kier alpha value is -1.68. The van der Waals surface area contributed by atoms with E-state index in [-0.39, 0.29) is 11.7 Å². The van der Waals surface area contributed by atoms with Crippen molar-refractivity contribution in [1.29, 1.82) is 0 Å². The molecule has 0 aliphatic heterocycles. The normalized spacial score (nSPS) is 11.1. The number of aromatic nitrogens is 2. The number of hydrogen-bond acceptors (Lipinski definition) is 7. The molecule has 0 aliphatic carbocycles. The molecule has 1 heterocycles. The van der Waals surface area contributed by atoms with Crippen molar-refractivity contribution in [3.05, 3.63) is 69.7 Å². The highest BCUT2D eigenvalue weighted by atomic mass is 79.9. The fourth-order valence-electron chi connectivity index (χ4n) is 2.03. The first-order chi connectivity index (χ1) is 13.6. The number of thioether (sulfide) groups is 2. The number of nitrogens with zero attached hydrogens (tertiary/aromatic N) is 3. The van der Waals surface area contributed by atoms with Gasteiger partial charge in [0.25, 0.3) is 5.91 Å². The Balaban J connectivity index is 1.40. The molecular weight excluding hydrogens is 476 g/mol. The predicted molar refractivity (Wildman–Crippen MR) is 121 cm³/mol. The number of hydrazone groups is 1. The van der Waals surface area contributed by atoms with Crippen molar-refractivity contribution in [3.8, 4) is 0 Å². The third-order valence-corrected chi connectivity index (χ3v) is 7.26. The summed E-state index contributed by atoms with van der Waals surface area (Å²) >= 11 is 7.89. The molecule has 1 N–H and O–H groups in total. The smallest absolute Gasteiger partial charge is 0.250 e. The lowest BCUT2D eigenvalue weighted by molar-refractivity contribution is -0.118. The van der Waals surface area contributed by atoms with Gasteiger partial charge in [0.2, 0.25) is 0 Å². The van der Waals surface area contributed by atoms with Crippen molar-refractivity contribution in [2.75, 3.05) is 5.75 Å². The van der Waals surface area contributed by atoms with E-state index < -0.39 is 0 Å². The third kappa shape index (κ3) is 7.05. The van der Waals surface area contributed by atoms with E-state index in [2.05, 4.69) is 67.8 Å². The van der Waals surface area contributed by atoms with Crippen molar-refractivity contribution in [3.63, 3.8) is 0 Å². The van der Waals surface area contributed by atoms with Crippen molar-refractivity contribution >= 4 is 62.9 Å². The van der Waals surface area contributed by atoms with Gasteiger partial charge in [-0.05, 0) is 30.2 Å². The van der Waals surface area contributed by atoms with Crippen LogP contribution in [0.2, 0.25) is 0 Å². The maximum Gasteiger partial charge on any atom is 0.250 e. The van der Waals surface area contributed by atoms with Gasteiger partial charge in [-0.15, -0.1) is 10.2 Å². The number of carbonyl (C=O) groups excluding carboxylic acids is 1. The highest BCUT2D eigenvalue weighted by Gasteiger charge is 2.08. The maximum atomic E-state index is 11.9. The number of halogens is 1. The molecule has 0 radical (unpaired) electrons. The molecule has 144 valence electrons. The molecule has 0 bridgehead atoms. The van der Waals surface area contributed by atoms with E-state index in [0.29, 0.717) is 0 Å². The largest absolute Gasteiger partial charge is 0.272 e. The first-order valence-electron chi connectivity index (χ1n) is 8.30. The lowest BCUT2D eigenvalue weighted by atomic mass is 10.2. The number of rotatable bonds is 8. The number of hydrogen-bond donors (Lipinski definition) is 1. The van der Waals surface area contributed by atoms with Crippen LogP contribution < -0.4 is 5.43 Å². The van der Waals surface area contributed by atoms with Crippen LogP contribution in [0.15, 0.2) is 66.8 Å². The van der Waals surface area contributed by atoms with Crippen LogP contribution in [0.25, 0.3) is 0 Å². The summed E-state index contributed by atoms with van der Waals surface area (Å²) in [5.74, 6) is 0.919. The predicted octanol–water partition coefficient (Wildman–Crippen LogP) is 5.14. The molecule has 2 aromatic carbocycles. The van der Waals surface area contributed by atoms with Crippen LogP contribution in [-0.2, 0) is 10.5 Å². The van der Waals surface area contributed by atoms with Crippen LogP contribution in [0.1, 0.15) is 16.7 Å². The van der Waals surface area contributed by atoms with Gasteiger partial charge in [-0.2, -0.15) is 5.10 Å². The molecule has 5 nitrogen and oxygen atoms in total. The number of amides is 1. The number of carbonyl (C=O) groups is 1. The molecule has 0 saturated heterocycles. The second-order valence-electron chi connectivity index (χ2n) is 5.74. The molecule has 0 fully saturated rings. The Kier molecular flexibility index (Phi) is 8.08. The minimum Gasteiger partial charge on any atom is -0.272 e. The summed E-state index contributed by atoms with van der Waals surface area (Å²) in [5, 5.41) is 12.3. The van der Waals surface area contributed by atoms with Crippen LogP contribution in [0.5, 0.6) is 0 Å². The van der Waals surface area contributed by atoms with Crippen molar-refractivity contribution in [1.82, 2.24) is 15.6 Å². The highest BCUT2D eigenvalue weighted by molar-refractivity contribution is 9.10. The zero-order valence-electron chi connectivity index (χ0n) is 15.0. The molecule has 3 aromatic rings. The van der Waals surface area contributed by atoms with E-state index >= 15 is 0 Å². The third-order valence-electron chi connectivity index (χ3n) is 3.47. The molecule has 1 amide bonds. The van der Waals surface area contributed by atoms with Gasteiger partial charge in [0.15, 0.2) is 8.68 Å². The second kappa shape index (κ2) is 10.8. The SMILES string of the molecule is Cc1ccc(CSc2nnc(SCC(=O)N/N=C/c3ccc(Br)cc3)s2)cc1. The Bertz CT molecular complexity index is 943. The highest BCUT2D eigenvalue weighted by Crippen LogP contribution is 2.30. The van der Waals surface area contributed by atoms with E-state index in [1.807, 2.05) is 24.3 Å². The quantitative estimate of drug-likeness (QED) is 0.267. The summed E-state index contributed by atoms with van der Waals surface area (Å²) in [6, 6.07) is 16.1. The summed E-state index contributed by atoms with van der Waals surface area (Å²) in [6.07, 6.45) is 1.61. The standard InChI is InChI=1S/C19H17BrN4OS3/c1-13-2-4-15(5-3-13)11-26-18-23-24-19(28-18)27-12-17(25)22-21-10-14-6-8-16(20)9-7-14/h2-10H,11-12H2,1H3,(H,22,25)/b21-10+. The van der Waals surface area contributed by atoms with Gasteiger partial charge in [-0.25, -0.2) is 5.43 Å². The number of benzene rings is 2. The fraction of sp³-hybridized carbons (Fsp3) is 0.158. The molecule has 0 atom stereocenters.